The van der Waals surface area contributed by atoms with Crippen LogP contribution >= 0.6 is 0 Å². The van der Waals surface area contributed by atoms with Gasteiger partial charge in [0.1, 0.15) is 5.75 Å². The maximum Gasteiger partial charge on any atom is 0.417 e. The van der Waals surface area contributed by atoms with Gasteiger partial charge in [-0.1, -0.05) is 36.4 Å². The molecule has 0 bridgehead atoms. The first-order valence-electron chi connectivity index (χ1n) is 14.9. The second-order valence-corrected chi connectivity index (χ2v) is 11.2. The molecule has 0 atom stereocenters. The van der Waals surface area contributed by atoms with E-state index in [4.69, 9.17) is 4.74 Å². The largest absolute Gasteiger partial charge is 0.465 e. The van der Waals surface area contributed by atoms with E-state index >= 15 is 0 Å². The van der Waals surface area contributed by atoms with Gasteiger partial charge in [0.15, 0.2) is 0 Å². The van der Waals surface area contributed by atoms with Crippen molar-refractivity contribution in [1.82, 2.24) is 4.90 Å². The van der Waals surface area contributed by atoms with E-state index in [9.17, 15) is 45.5 Å². The molecule has 0 aromatic heterocycles. The molecule has 0 fully saturated rings. The Balaban J connectivity index is 1.47. The fraction of sp³-hybridized carbons (Fsp3) is 0.222. The Kier molecular flexibility index (Phi) is 11.3. The maximum atomic E-state index is 13.5. The molecule has 4 aromatic rings. The summed E-state index contributed by atoms with van der Waals surface area (Å²) in [7, 11) is 3.96. The van der Waals surface area contributed by atoms with Gasteiger partial charge < -0.3 is 19.7 Å². The van der Waals surface area contributed by atoms with Crippen molar-refractivity contribution in [3.8, 4) is 16.9 Å². The van der Waals surface area contributed by atoms with E-state index in [1.54, 1.807) is 24.3 Å². The highest BCUT2D eigenvalue weighted by molar-refractivity contribution is 6.11. The predicted molar refractivity (Wildman–Crippen MR) is 171 cm³/mol. The number of benzene rings is 4. The van der Waals surface area contributed by atoms with Crippen LogP contribution in [-0.4, -0.2) is 49.9 Å². The van der Waals surface area contributed by atoms with E-state index in [0.717, 1.165) is 31.4 Å². The van der Waals surface area contributed by atoms with E-state index in [2.05, 4.69) is 10.1 Å². The maximum absolute atomic E-state index is 13.5. The van der Waals surface area contributed by atoms with E-state index in [0.29, 0.717) is 22.8 Å². The lowest BCUT2D eigenvalue weighted by Crippen LogP contribution is -2.24. The van der Waals surface area contributed by atoms with Gasteiger partial charge in [0.05, 0.1) is 35.1 Å². The normalized spacial score (nSPS) is 11.5. The fourth-order valence-electron chi connectivity index (χ4n) is 4.96. The zero-order valence-corrected chi connectivity index (χ0v) is 26.9. The van der Waals surface area contributed by atoms with E-state index in [-0.39, 0.29) is 36.1 Å². The summed E-state index contributed by atoms with van der Waals surface area (Å²) in [5.41, 5.74) is -1.09. The molecular formula is C36H30F6N2O6. The number of ether oxygens (including phenoxy) is 2. The van der Waals surface area contributed by atoms with Crippen LogP contribution in [0.3, 0.4) is 0 Å². The molecule has 262 valence electrons. The number of rotatable bonds is 10. The third-order valence-corrected chi connectivity index (χ3v) is 7.44. The molecule has 0 spiro atoms. The van der Waals surface area contributed by atoms with Gasteiger partial charge in [-0.25, -0.2) is 4.79 Å². The molecule has 0 saturated carbocycles. The van der Waals surface area contributed by atoms with E-state index in [1.807, 2.05) is 0 Å². The SMILES string of the molecule is COC(=O)c1ccc(OC(=O)CCCc2ccc(NC(=O)c3ccccc3-c3ccc(C(F)(F)F)cc3)c(C(=O)N(C)C)c2)cc1C(F)(F)F. The van der Waals surface area contributed by atoms with Crippen molar-refractivity contribution < 1.29 is 55.0 Å². The second-order valence-electron chi connectivity index (χ2n) is 11.2. The van der Waals surface area contributed by atoms with Gasteiger partial charge in [-0.2, -0.15) is 26.3 Å². The Morgan fingerprint density at radius 2 is 1.44 bits per heavy atom. The summed E-state index contributed by atoms with van der Waals surface area (Å²) < 4.78 is 89.1. The van der Waals surface area contributed by atoms with Gasteiger partial charge in [0, 0.05) is 26.1 Å². The quantitative estimate of drug-likeness (QED) is 0.102. The average Bonchev–Trinajstić information content (AvgIpc) is 3.07. The number of alkyl halides is 6. The molecule has 0 heterocycles. The van der Waals surface area contributed by atoms with Crippen LogP contribution in [0.15, 0.2) is 84.9 Å². The summed E-state index contributed by atoms with van der Waals surface area (Å²) >= 11 is 0. The summed E-state index contributed by atoms with van der Waals surface area (Å²) in [5.74, 6) is -3.50. The molecule has 1 N–H and O–H groups in total. The lowest BCUT2D eigenvalue weighted by atomic mass is 9.97. The van der Waals surface area contributed by atoms with Gasteiger partial charge in [-0.05, 0) is 78.1 Å². The number of halogens is 6. The van der Waals surface area contributed by atoms with Crippen molar-refractivity contribution in [2.45, 2.75) is 31.6 Å². The van der Waals surface area contributed by atoms with Gasteiger partial charge in [-0.3, -0.25) is 14.4 Å². The Bertz CT molecular complexity index is 1900. The highest BCUT2D eigenvalue weighted by Gasteiger charge is 2.36. The van der Waals surface area contributed by atoms with Crippen LogP contribution in [0.2, 0.25) is 0 Å². The third kappa shape index (κ3) is 9.07. The fourth-order valence-corrected chi connectivity index (χ4v) is 4.96. The number of hydrogen-bond acceptors (Lipinski definition) is 6. The first-order chi connectivity index (χ1) is 23.5. The van der Waals surface area contributed by atoms with Crippen molar-refractivity contribution in [3.63, 3.8) is 0 Å². The van der Waals surface area contributed by atoms with Crippen molar-refractivity contribution in [3.05, 3.63) is 118 Å². The van der Waals surface area contributed by atoms with Gasteiger partial charge in [-0.15, -0.1) is 0 Å². The van der Waals surface area contributed by atoms with Crippen LogP contribution in [0, 0.1) is 0 Å². The molecule has 0 aliphatic rings. The number of esters is 2. The molecule has 0 aliphatic heterocycles. The molecule has 8 nitrogen and oxygen atoms in total. The molecule has 0 saturated heterocycles. The highest BCUT2D eigenvalue weighted by atomic mass is 19.4. The minimum atomic E-state index is -4.91. The molecule has 14 heteroatoms. The van der Waals surface area contributed by atoms with Gasteiger partial charge in [0.25, 0.3) is 11.8 Å². The van der Waals surface area contributed by atoms with Crippen molar-refractivity contribution in [1.29, 1.82) is 0 Å². The van der Waals surface area contributed by atoms with Crippen LogP contribution in [0.5, 0.6) is 5.75 Å². The summed E-state index contributed by atoms with van der Waals surface area (Å²) in [6, 6.07) is 17.8. The lowest BCUT2D eigenvalue weighted by Gasteiger charge is -2.17. The van der Waals surface area contributed by atoms with Gasteiger partial charge >= 0.3 is 24.3 Å². The highest BCUT2D eigenvalue weighted by Crippen LogP contribution is 2.35. The Morgan fingerprint density at radius 3 is 2.06 bits per heavy atom. The summed E-state index contributed by atoms with van der Waals surface area (Å²) in [6.07, 6.45) is -9.19. The minimum absolute atomic E-state index is 0.126. The van der Waals surface area contributed by atoms with Crippen LogP contribution in [0.4, 0.5) is 32.0 Å². The van der Waals surface area contributed by atoms with E-state index < -0.39 is 58.5 Å². The summed E-state index contributed by atoms with van der Waals surface area (Å²) in [6.45, 7) is 0. The number of methoxy groups -OCH3 is 1. The zero-order chi connectivity index (χ0) is 36.8. The third-order valence-electron chi connectivity index (χ3n) is 7.44. The number of amides is 2. The molecule has 0 radical (unpaired) electrons. The molecule has 2 amide bonds. The first kappa shape index (κ1) is 37.2. The number of hydrogen-bond donors (Lipinski definition) is 1. The average molecular weight is 701 g/mol. The summed E-state index contributed by atoms with van der Waals surface area (Å²) in [5, 5.41) is 2.72. The standard InChI is InChI=1S/C36H30F6N2O6/c1-44(2)33(47)28-19-21(7-6-10-31(45)50-24-16-17-27(34(48)49-3)29(20-24)36(40,41)42)11-18-30(28)43-32(46)26-9-5-4-8-25(26)22-12-14-23(15-13-22)35(37,38)39/h4-5,8-9,11-20H,6-7,10H2,1-3H3,(H,43,46). The lowest BCUT2D eigenvalue weighted by molar-refractivity contribution is -0.139. The molecular weight excluding hydrogens is 670 g/mol. The molecule has 50 heavy (non-hydrogen) atoms. The monoisotopic (exact) mass is 700 g/mol. The molecule has 4 aromatic carbocycles. The number of nitrogens with one attached hydrogen (secondary N) is 1. The predicted octanol–water partition coefficient (Wildman–Crippen LogP) is 8.06. The van der Waals surface area contributed by atoms with E-state index in [1.165, 1.54) is 49.3 Å². The number of anilines is 1. The van der Waals surface area contributed by atoms with Crippen LogP contribution in [-0.2, 0) is 28.3 Å². The van der Waals surface area contributed by atoms with Crippen molar-refractivity contribution in [2.24, 2.45) is 0 Å². The summed E-state index contributed by atoms with van der Waals surface area (Å²) in [4.78, 5) is 52.0. The number of nitrogens with zero attached hydrogens (tertiary/aromatic N) is 1. The number of aryl methyl sites for hydroxylation is 1. The second kappa shape index (κ2) is 15.3. The Labute approximate surface area is 282 Å². The van der Waals surface area contributed by atoms with Crippen LogP contribution < -0.4 is 10.1 Å². The molecule has 4 rings (SSSR count). The molecule has 0 aliphatic carbocycles. The number of carbonyl (C=O) groups is 4. The minimum Gasteiger partial charge on any atom is -0.465 e. The van der Waals surface area contributed by atoms with Crippen LogP contribution in [0.25, 0.3) is 11.1 Å². The van der Waals surface area contributed by atoms with Crippen molar-refractivity contribution >= 4 is 29.4 Å². The van der Waals surface area contributed by atoms with Crippen molar-refractivity contribution in [2.75, 3.05) is 26.5 Å². The van der Waals surface area contributed by atoms with Gasteiger partial charge in [0.2, 0.25) is 0 Å². The first-order valence-corrected chi connectivity index (χ1v) is 14.9. The topological polar surface area (TPSA) is 102 Å². The molecule has 0 unspecified atom stereocenters. The zero-order valence-electron chi connectivity index (χ0n) is 26.9. The van der Waals surface area contributed by atoms with Crippen LogP contribution in [0.1, 0.15) is 60.6 Å². The smallest absolute Gasteiger partial charge is 0.417 e. The number of carbonyl (C=O) groups excluding carboxylic acids is 4. The Morgan fingerprint density at radius 1 is 0.760 bits per heavy atom. The Hall–Kier alpha value is -5.66.